The van der Waals surface area contributed by atoms with E-state index in [2.05, 4.69) is 54.5 Å². The fourth-order valence-electron chi connectivity index (χ4n) is 11.9. The average Bonchev–Trinajstić information content (AvgIpc) is 2.95. The fourth-order valence-corrected chi connectivity index (χ4v) is 12.4. The maximum absolute atomic E-state index is 13.0. The van der Waals surface area contributed by atoms with E-state index < -0.39 is 46.4 Å². The van der Waals surface area contributed by atoms with Crippen LogP contribution in [0.1, 0.15) is 106 Å². The predicted molar refractivity (Wildman–Crippen MR) is 170 cm³/mol. The molecule has 11 heteroatoms. The van der Waals surface area contributed by atoms with Crippen molar-refractivity contribution in [1.82, 2.24) is 0 Å². The molecule has 260 valence electrons. The van der Waals surface area contributed by atoms with Crippen molar-refractivity contribution in [3.63, 3.8) is 0 Å². The molecule has 0 radical (unpaired) electrons. The molecule has 1 saturated heterocycles. The molecule has 12 atom stereocenters. The van der Waals surface area contributed by atoms with E-state index in [-0.39, 0.29) is 46.2 Å². The van der Waals surface area contributed by atoms with Crippen LogP contribution in [0.5, 0.6) is 0 Å². The molecule has 0 aromatic rings. The van der Waals surface area contributed by atoms with Crippen LogP contribution >= 0.6 is 0 Å². The number of ether oxygens (including phenoxy) is 2. The molecule has 10 nitrogen and oxygen atoms in total. The van der Waals surface area contributed by atoms with Crippen molar-refractivity contribution in [2.75, 3.05) is 6.61 Å². The van der Waals surface area contributed by atoms with Crippen LogP contribution in [0.3, 0.4) is 0 Å². The van der Waals surface area contributed by atoms with Gasteiger partial charge in [-0.3, -0.25) is 9.35 Å². The molecule has 0 unspecified atom stereocenters. The molecule has 5 aliphatic carbocycles. The molecule has 0 aromatic heterocycles. The summed E-state index contributed by atoms with van der Waals surface area (Å²) in [5.41, 5.74) is 2.73. The number of aliphatic hydroxyl groups excluding tert-OH is 2. The monoisotopic (exact) mass is 666 g/mol. The lowest BCUT2D eigenvalue weighted by Crippen LogP contribution is -2.65. The van der Waals surface area contributed by atoms with Gasteiger partial charge in [0.2, 0.25) is 0 Å². The summed E-state index contributed by atoms with van der Waals surface area (Å²) in [4.78, 5) is 13.0. The third kappa shape index (κ3) is 4.84. The number of carboxylic acids is 1. The molecule has 4 fully saturated rings. The highest BCUT2D eigenvalue weighted by molar-refractivity contribution is 7.80. The zero-order valence-corrected chi connectivity index (χ0v) is 29.2. The molecular weight excluding hydrogens is 612 g/mol. The summed E-state index contributed by atoms with van der Waals surface area (Å²) < 4.78 is 49.4. The number of aliphatic hydroxyl groups is 2. The first-order valence-electron chi connectivity index (χ1n) is 17.1. The van der Waals surface area contributed by atoms with Crippen LogP contribution < -0.4 is 0 Å². The van der Waals surface area contributed by atoms with E-state index >= 15 is 0 Å². The topological polar surface area (TPSA) is 160 Å². The Kier molecular flexibility index (Phi) is 8.32. The smallest absolute Gasteiger partial charge is 0.397 e. The minimum atomic E-state index is -4.94. The minimum absolute atomic E-state index is 0.0104. The largest absolute Gasteiger partial charge is 0.481 e. The molecule has 0 aromatic carbocycles. The average molecular weight is 667 g/mol. The molecular formula is C35H54O10S. The van der Waals surface area contributed by atoms with Crippen molar-refractivity contribution >= 4 is 16.4 Å². The van der Waals surface area contributed by atoms with Gasteiger partial charge in [0.05, 0.1) is 18.1 Å². The van der Waals surface area contributed by atoms with Crippen LogP contribution in [0.15, 0.2) is 22.8 Å². The van der Waals surface area contributed by atoms with Crippen molar-refractivity contribution in [2.24, 2.45) is 44.8 Å². The second-order valence-electron chi connectivity index (χ2n) is 16.9. The van der Waals surface area contributed by atoms with E-state index in [0.29, 0.717) is 25.2 Å². The van der Waals surface area contributed by atoms with Crippen molar-refractivity contribution in [1.29, 1.82) is 0 Å². The van der Waals surface area contributed by atoms with Crippen LogP contribution in [0, 0.1) is 44.8 Å². The maximum atomic E-state index is 13.0. The third-order valence-electron chi connectivity index (χ3n) is 14.8. The van der Waals surface area contributed by atoms with Gasteiger partial charge >= 0.3 is 16.4 Å². The second kappa shape index (κ2) is 11.1. The Morgan fingerprint density at radius 1 is 0.978 bits per heavy atom. The SMILES string of the molecule is CC1=C(C)[C@H]2C3=CC[C@@H]4[C@@]5(C)CC[C@H](O[C@H]6OC[C@@H](O)[C@H](O)[C@H]6OS(=O)(=O)O)C(C)(C)[C@@H]5CC[C@@]4(C)[C@]3(C)CC[C@@]2(C(=O)O)CC1. The molecule has 1 heterocycles. The van der Waals surface area contributed by atoms with E-state index in [0.717, 1.165) is 38.5 Å². The normalized spacial score (nSPS) is 48.8. The summed E-state index contributed by atoms with van der Waals surface area (Å²) in [5, 5.41) is 31.3. The first kappa shape index (κ1) is 34.5. The standard InChI is InChI=1S/C35H54O10S/c1-19-10-15-35(30(38)39)17-16-33(6)21(26(35)20(19)2)8-9-24-32(5)13-12-25(31(3,4)23(32)11-14-34(24,33)7)44-29-28(45-46(40,41)42)27(37)22(36)18-43-29/h8,22-29,36-37H,9-18H2,1-7H3,(H,38,39)(H,40,41,42)/t22-,23+,24-,25+,26+,27+,28-,29-,32+,33-,34-,35+/m1/s1. The highest BCUT2D eigenvalue weighted by Gasteiger charge is 2.69. The molecule has 3 saturated carbocycles. The van der Waals surface area contributed by atoms with Crippen LogP contribution in [-0.2, 0) is 28.9 Å². The van der Waals surface area contributed by atoms with Gasteiger partial charge in [-0.15, -0.1) is 0 Å². The van der Waals surface area contributed by atoms with Crippen molar-refractivity contribution in [2.45, 2.75) is 137 Å². The lowest BCUT2D eigenvalue weighted by atomic mass is 9.34. The van der Waals surface area contributed by atoms with Crippen LogP contribution in [0.25, 0.3) is 0 Å². The van der Waals surface area contributed by atoms with Crippen LogP contribution in [0.2, 0.25) is 0 Å². The summed E-state index contributed by atoms with van der Waals surface area (Å²) in [5.74, 6) is -0.0413. The highest BCUT2D eigenvalue weighted by Crippen LogP contribution is 2.75. The number of carboxylic acid groups (broad SMARTS) is 1. The van der Waals surface area contributed by atoms with Crippen molar-refractivity contribution in [3.8, 4) is 0 Å². The molecule has 4 N–H and O–H groups in total. The Labute approximate surface area is 273 Å². The van der Waals surface area contributed by atoms with Crippen LogP contribution in [0.4, 0.5) is 0 Å². The van der Waals surface area contributed by atoms with Gasteiger partial charge in [0.1, 0.15) is 12.2 Å². The second-order valence-corrected chi connectivity index (χ2v) is 17.9. The van der Waals surface area contributed by atoms with Gasteiger partial charge in [-0.05, 0) is 105 Å². The van der Waals surface area contributed by atoms with E-state index in [1.54, 1.807) is 0 Å². The first-order valence-corrected chi connectivity index (χ1v) is 18.5. The van der Waals surface area contributed by atoms with Gasteiger partial charge in [0, 0.05) is 5.92 Å². The molecule has 0 amide bonds. The lowest BCUT2D eigenvalue weighted by Gasteiger charge is -2.71. The summed E-state index contributed by atoms with van der Waals surface area (Å²) >= 11 is 0. The lowest BCUT2D eigenvalue weighted by molar-refractivity contribution is -0.303. The Bertz CT molecular complexity index is 1440. The number of allylic oxidation sites excluding steroid dienone is 4. The van der Waals surface area contributed by atoms with E-state index in [4.69, 9.17) is 13.7 Å². The number of hydrogen-bond donors (Lipinski definition) is 4. The molecule has 6 aliphatic rings. The van der Waals surface area contributed by atoms with Gasteiger partial charge in [-0.25, -0.2) is 4.18 Å². The summed E-state index contributed by atoms with van der Waals surface area (Å²) in [6, 6.07) is 0. The molecule has 0 bridgehead atoms. The van der Waals surface area contributed by atoms with Gasteiger partial charge in [0.25, 0.3) is 0 Å². The Morgan fingerprint density at radius 2 is 1.67 bits per heavy atom. The summed E-state index contributed by atoms with van der Waals surface area (Å²) in [6.45, 7) is 15.8. The van der Waals surface area contributed by atoms with Crippen molar-refractivity contribution in [3.05, 3.63) is 22.8 Å². The van der Waals surface area contributed by atoms with Crippen LogP contribution in [-0.4, -0.2) is 71.6 Å². The van der Waals surface area contributed by atoms with Gasteiger partial charge in [-0.2, -0.15) is 8.42 Å². The van der Waals surface area contributed by atoms with E-state index in [1.165, 1.54) is 16.7 Å². The number of rotatable bonds is 5. The number of fused-ring (bicyclic) bond motifs is 7. The highest BCUT2D eigenvalue weighted by atomic mass is 32.3. The van der Waals surface area contributed by atoms with E-state index in [1.807, 2.05) is 0 Å². The molecule has 1 aliphatic heterocycles. The Balaban J connectivity index is 1.31. The van der Waals surface area contributed by atoms with Gasteiger partial charge < -0.3 is 24.8 Å². The maximum Gasteiger partial charge on any atom is 0.397 e. The molecule has 46 heavy (non-hydrogen) atoms. The molecule has 0 spiro atoms. The Hall–Kier alpha value is -1.34. The summed E-state index contributed by atoms with van der Waals surface area (Å²) in [6.07, 6.45) is 3.80. The summed E-state index contributed by atoms with van der Waals surface area (Å²) in [7, 11) is -4.94. The van der Waals surface area contributed by atoms with Gasteiger partial charge in [-0.1, -0.05) is 57.4 Å². The van der Waals surface area contributed by atoms with E-state index in [9.17, 15) is 33.1 Å². The van der Waals surface area contributed by atoms with Gasteiger partial charge in [0.15, 0.2) is 12.4 Å². The third-order valence-corrected chi connectivity index (χ3v) is 15.3. The number of aliphatic carboxylic acids is 1. The first-order chi connectivity index (χ1) is 21.2. The number of carbonyl (C=O) groups is 1. The Morgan fingerprint density at radius 3 is 2.33 bits per heavy atom. The number of hydrogen-bond acceptors (Lipinski definition) is 8. The molecule has 6 rings (SSSR count). The minimum Gasteiger partial charge on any atom is -0.481 e. The fraction of sp³-hybridized carbons (Fsp3) is 0.857. The predicted octanol–water partition coefficient (Wildman–Crippen LogP) is 5.44. The zero-order valence-electron chi connectivity index (χ0n) is 28.4. The van der Waals surface area contributed by atoms with Crippen molar-refractivity contribution < 1.29 is 46.7 Å². The zero-order chi connectivity index (χ0) is 33.8. The quantitative estimate of drug-likeness (QED) is 0.169.